The molecule has 2 heterocycles. The second-order valence-electron chi connectivity index (χ2n) is 11.4. The van der Waals surface area contributed by atoms with E-state index < -0.39 is 0 Å². The fraction of sp³-hybridized carbons (Fsp3) is 0.923. The summed E-state index contributed by atoms with van der Waals surface area (Å²) < 4.78 is 0. The Hall–Kier alpha value is -1.10. The number of fused-ring (bicyclic) bond motifs is 1. The van der Waals surface area contributed by atoms with E-state index in [1.165, 1.54) is 19.3 Å². The maximum Gasteiger partial charge on any atom is 0.225 e. The molecule has 7 atom stereocenters. The summed E-state index contributed by atoms with van der Waals surface area (Å²) in [7, 11) is 2.03. The molecule has 0 aromatic heterocycles. The molecule has 2 saturated carbocycles. The first-order chi connectivity index (χ1) is 14.9. The summed E-state index contributed by atoms with van der Waals surface area (Å²) >= 11 is 0. The summed E-state index contributed by atoms with van der Waals surface area (Å²) in [5.74, 6) is 3.31. The Bertz CT molecular complexity index is 645. The molecule has 4 aliphatic rings. The zero-order chi connectivity index (χ0) is 22.1. The monoisotopic (exact) mass is 431 g/mol. The van der Waals surface area contributed by atoms with Crippen molar-refractivity contribution in [3.63, 3.8) is 0 Å². The van der Waals surface area contributed by atoms with Gasteiger partial charge < -0.3 is 15.5 Å². The summed E-state index contributed by atoms with van der Waals surface area (Å²) in [5, 5.41) is 7.06. The minimum atomic E-state index is 0.121. The van der Waals surface area contributed by atoms with E-state index in [2.05, 4.69) is 36.3 Å². The Morgan fingerprint density at radius 3 is 2.52 bits per heavy atom. The number of amides is 2. The highest BCUT2D eigenvalue weighted by atomic mass is 16.2. The maximum absolute atomic E-state index is 13.4. The minimum absolute atomic E-state index is 0.121. The number of rotatable bonds is 4. The van der Waals surface area contributed by atoms with Crippen LogP contribution in [0.4, 0.5) is 0 Å². The molecule has 5 nitrogen and oxygen atoms in total. The van der Waals surface area contributed by atoms with E-state index in [1.807, 2.05) is 7.05 Å². The third-order valence-electron chi connectivity index (χ3n) is 9.50. The fourth-order valence-electron chi connectivity index (χ4n) is 7.25. The fourth-order valence-corrected chi connectivity index (χ4v) is 7.25. The average molecular weight is 432 g/mol. The van der Waals surface area contributed by atoms with Gasteiger partial charge in [0.15, 0.2) is 0 Å². The van der Waals surface area contributed by atoms with E-state index in [1.54, 1.807) is 0 Å². The van der Waals surface area contributed by atoms with Gasteiger partial charge in [-0.05, 0) is 88.4 Å². The lowest BCUT2D eigenvalue weighted by Gasteiger charge is -2.50. The zero-order valence-electron chi connectivity index (χ0n) is 20.2. The van der Waals surface area contributed by atoms with Gasteiger partial charge in [0.25, 0.3) is 0 Å². The molecular weight excluding hydrogens is 386 g/mol. The number of nitrogens with zero attached hydrogens (tertiary/aromatic N) is 1. The van der Waals surface area contributed by atoms with Crippen molar-refractivity contribution in [2.75, 3.05) is 13.6 Å². The van der Waals surface area contributed by atoms with Gasteiger partial charge in [-0.3, -0.25) is 9.59 Å². The normalized spacial score (nSPS) is 43.9. The summed E-state index contributed by atoms with van der Waals surface area (Å²) in [4.78, 5) is 28.4. The second kappa shape index (κ2) is 9.80. The number of carbonyl (C=O) groups is 2. The minimum Gasteiger partial charge on any atom is -0.353 e. The van der Waals surface area contributed by atoms with Crippen LogP contribution in [-0.2, 0) is 9.59 Å². The second-order valence-corrected chi connectivity index (χ2v) is 11.4. The molecule has 0 spiro atoms. The molecule has 31 heavy (non-hydrogen) atoms. The molecule has 2 amide bonds. The molecule has 2 aliphatic heterocycles. The van der Waals surface area contributed by atoms with Crippen LogP contribution in [0.15, 0.2) is 0 Å². The first kappa shape index (κ1) is 23.1. The van der Waals surface area contributed by atoms with Crippen LogP contribution in [0.2, 0.25) is 0 Å². The van der Waals surface area contributed by atoms with Crippen LogP contribution >= 0.6 is 0 Å². The maximum atomic E-state index is 13.4. The molecular formula is C26H45N3O2. The third-order valence-corrected chi connectivity index (χ3v) is 9.50. The Labute approximate surface area is 189 Å². The van der Waals surface area contributed by atoms with Gasteiger partial charge in [-0.15, -0.1) is 0 Å². The lowest BCUT2D eigenvalue weighted by atomic mass is 9.65. The molecule has 0 bridgehead atoms. The van der Waals surface area contributed by atoms with Crippen LogP contribution in [0.1, 0.15) is 85.0 Å². The van der Waals surface area contributed by atoms with E-state index in [9.17, 15) is 9.59 Å². The van der Waals surface area contributed by atoms with Gasteiger partial charge in [-0.2, -0.15) is 0 Å². The van der Waals surface area contributed by atoms with Crippen molar-refractivity contribution >= 4 is 11.8 Å². The van der Waals surface area contributed by atoms with Crippen LogP contribution in [0, 0.1) is 35.5 Å². The Kier molecular flexibility index (Phi) is 7.30. The molecule has 0 aromatic rings. The van der Waals surface area contributed by atoms with Crippen LogP contribution in [0.25, 0.3) is 0 Å². The number of hydrogen-bond acceptors (Lipinski definition) is 3. The highest BCUT2D eigenvalue weighted by Gasteiger charge is 2.47. The standard InChI is InChI=1S/C26H45N3O2/c1-5-18-7-9-19(10-8-18)25(30)28-21-11-6-16(2)22(14-21)23-13-20-15-27-17(3)12-24(20)29(4)26(23)31/h16-24,27H,5-15H2,1-4H3,(H,28,30). The molecule has 7 unspecified atom stereocenters. The van der Waals surface area contributed by atoms with E-state index in [0.717, 1.165) is 57.4 Å². The van der Waals surface area contributed by atoms with Gasteiger partial charge in [0.2, 0.25) is 11.8 Å². The zero-order valence-corrected chi connectivity index (χ0v) is 20.2. The van der Waals surface area contributed by atoms with Gasteiger partial charge in [0.05, 0.1) is 0 Å². The molecule has 2 N–H and O–H groups in total. The van der Waals surface area contributed by atoms with Crippen molar-refractivity contribution in [3.8, 4) is 0 Å². The lowest BCUT2D eigenvalue weighted by molar-refractivity contribution is -0.148. The smallest absolute Gasteiger partial charge is 0.225 e. The molecule has 2 saturated heterocycles. The van der Waals surface area contributed by atoms with Crippen LogP contribution < -0.4 is 10.6 Å². The van der Waals surface area contributed by atoms with Crippen LogP contribution in [0.5, 0.6) is 0 Å². The van der Waals surface area contributed by atoms with Gasteiger partial charge in [-0.25, -0.2) is 0 Å². The van der Waals surface area contributed by atoms with Crippen molar-refractivity contribution in [2.24, 2.45) is 35.5 Å². The van der Waals surface area contributed by atoms with Gasteiger partial charge in [-0.1, -0.05) is 20.3 Å². The van der Waals surface area contributed by atoms with Crippen molar-refractivity contribution in [1.29, 1.82) is 0 Å². The number of carbonyl (C=O) groups excluding carboxylic acids is 2. The molecule has 2 aliphatic carbocycles. The summed E-state index contributed by atoms with van der Waals surface area (Å²) in [6.07, 6.45) is 11.0. The highest BCUT2D eigenvalue weighted by molar-refractivity contribution is 5.80. The van der Waals surface area contributed by atoms with E-state index in [0.29, 0.717) is 35.7 Å². The van der Waals surface area contributed by atoms with Crippen molar-refractivity contribution in [2.45, 2.75) is 103 Å². The summed E-state index contributed by atoms with van der Waals surface area (Å²) in [5.41, 5.74) is 0. The van der Waals surface area contributed by atoms with E-state index in [-0.39, 0.29) is 23.8 Å². The number of likely N-dealkylation sites (tertiary alicyclic amines) is 1. The van der Waals surface area contributed by atoms with Gasteiger partial charge in [0.1, 0.15) is 0 Å². The molecule has 0 radical (unpaired) electrons. The third kappa shape index (κ3) is 4.96. The van der Waals surface area contributed by atoms with Crippen LogP contribution in [0.3, 0.4) is 0 Å². The van der Waals surface area contributed by atoms with Crippen LogP contribution in [-0.4, -0.2) is 48.4 Å². The predicted molar refractivity (Wildman–Crippen MR) is 124 cm³/mol. The molecule has 176 valence electrons. The Balaban J connectivity index is 1.36. The van der Waals surface area contributed by atoms with E-state index >= 15 is 0 Å². The predicted octanol–water partition coefficient (Wildman–Crippen LogP) is 3.97. The molecule has 0 aromatic carbocycles. The molecule has 4 rings (SSSR count). The number of nitrogens with one attached hydrogen (secondary N) is 2. The highest BCUT2D eigenvalue weighted by Crippen LogP contribution is 2.43. The van der Waals surface area contributed by atoms with Gasteiger partial charge >= 0.3 is 0 Å². The van der Waals surface area contributed by atoms with Crippen molar-refractivity contribution in [3.05, 3.63) is 0 Å². The largest absolute Gasteiger partial charge is 0.353 e. The van der Waals surface area contributed by atoms with Gasteiger partial charge in [0, 0.05) is 43.6 Å². The average Bonchev–Trinajstić information content (AvgIpc) is 2.78. The SMILES string of the molecule is CCC1CCC(C(=O)NC2CCC(C)C(C3CC4CNC(C)CC4N(C)C3=O)C2)CC1. The first-order valence-electron chi connectivity index (χ1n) is 13.2. The van der Waals surface area contributed by atoms with Crippen molar-refractivity contribution in [1.82, 2.24) is 15.5 Å². The van der Waals surface area contributed by atoms with E-state index in [4.69, 9.17) is 0 Å². The first-order valence-corrected chi connectivity index (χ1v) is 13.2. The topological polar surface area (TPSA) is 61.4 Å². The summed E-state index contributed by atoms with van der Waals surface area (Å²) in [6, 6.07) is 1.14. The Morgan fingerprint density at radius 1 is 1.06 bits per heavy atom. The molecule has 5 heteroatoms. The Morgan fingerprint density at radius 2 is 1.81 bits per heavy atom. The summed E-state index contributed by atoms with van der Waals surface area (Å²) in [6.45, 7) is 7.85. The number of piperidine rings is 2. The molecule has 4 fully saturated rings. The lowest BCUT2D eigenvalue weighted by Crippen LogP contribution is -2.60. The quantitative estimate of drug-likeness (QED) is 0.708. The van der Waals surface area contributed by atoms with Crippen molar-refractivity contribution < 1.29 is 9.59 Å². The number of hydrogen-bond donors (Lipinski definition) is 2.